The fourth-order valence-corrected chi connectivity index (χ4v) is 4.07. The Bertz CT molecular complexity index is 882. The van der Waals surface area contributed by atoms with Crippen molar-refractivity contribution in [3.05, 3.63) is 24.3 Å². The van der Waals surface area contributed by atoms with Gasteiger partial charge in [0.1, 0.15) is 6.61 Å². The number of methoxy groups -OCH3 is 1. The first-order chi connectivity index (χ1) is 12.7. The number of para-hydroxylation sites is 2. The zero-order chi connectivity index (χ0) is 20.0. The van der Waals surface area contributed by atoms with Crippen molar-refractivity contribution in [3.63, 3.8) is 0 Å². The molecule has 1 atom stereocenters. The van der Waals surface area contributed by atoms with Crippen LogP contribution in [0.25, 0.3) is 0 Å². The standard InChI is InChI=1S/C16H22N4O5S2/c1-10(2)14(21)17-15-18-19-16(26-15)27(22,23)20-11(3)9-25-13-8-6-5-7-12(13)24-4/h5-8,10-11,20H,9H2,1-4H3,(H,17,18,21)/t11-/m0/s1. The van der Waals surface area contributed by atoms with Crippen LogP contribution in [0.15, 0.2) is 28.6 Å². The molecule has 9 nitrogen and oxygen atoms in total. The van der Waals surface area contributed by atoms with Gasteiger partial charge >= 0.3 is 0 Å². The Labute approximate surface area is 162 Å². The van der Waals surface area contributed by atoms with Gasteiger partial charge < -0.3 is 14.8 Å². The highest BCUT2D eigenvalue weighted by atomic mass is 32.2. The summed E-state index contributed by atoms with van der Waals surface area (Å²) in [6, 6.07) is 6.55. The van der Waals surface area contributed by atoms with Crippen LogP contribution in [-0.2, 0) is 14.8 Å². The summed E-state index contributed by atoms with van der Waals surface area (Å²) >= 11 is 0.783. The van der Waals surface area contributed by atoms with E-state index in [2.05, 4.69) is 20.2 Å². The van der Waals surface area contributed by atoms with Gasteiger partial charge in [-0.05, 0) is 19.1 Å². The number of amides is 1. The van der Waals surface area contributed by atoms with E-state index in [1.807, 2.05) is 6.07 Å². The van der Waals surface area contributed by atoms with Gasteiger partial charge in [-0.1, -0.05) is 37.3 Å². The molecule has 1 heterocycles. The first-order valence-corrected chi connectivity index (χ1v) is 10.5. The van der Waals surface area contributed by atoms with Gasteiger partial charge in [-0.3, -0.25) is 4.79 Å². The van der Waals surface area contributed by atoms with Crippen molar-refractivity contribution in [2.45, 2.75) is 31.2 Å². The van der Waals surface area contributed by atoms with Crippen LogP contribution >= 0.6 is 11.3 Å². The number of carbonyl (C=O) groups is 1. The molecule has 11 heteroatoms. The van der Waals surface area contributed by atoms with E-state index < -0.39 is 16.1 Å². The summed E-state index contributed by atoms with van der Waals surface area (Å²) in [6.07, 6.45) is 0. The molecule has 27 heavy (non-hydrogen) atoms. The predicted octanol–water partition coefficient (Wildman–Crippen LogP) is 1.89. The zero-order valence-corrected chi connectivity index (χ0v) is 17.1. The number of hydrogen-bond acceptors (Lipinski definition) is 8. The Morgan fingerprint density at radius 1 is 1.19 bits per heavy atom. The third kappa shape index (κ3) is 5.88. The summed E-state index contributed by atoms with van der Waals surface area (Å²) in [4.78, 5) is 11.7. The first-order valence-electron chi connectivity index (χ1n) is 8.15. The molecule has 0 fully saturated rings. The molecule has 1 amide bonds. The Kier molecular flexibility index (Phi) is 7.11. The lowest BCUT2D eigenvalue weighted by Crippen LogP contribution is -2.36. The Hall–Kier alpha value is -2.24. The summed E-state index contributed by atoms with van der Waals surface area (Å²) in [5.74, 6) is 0.559. The SMILES string of the molecule is COc1ccccc1OC[C@H](C)NS(=O)(=O)c1nnc(NC(=O)C(C)C)s1. The van der Waals surface area contributed by atoms with Gasteiger partial charge in [0, 0.05) is 5.92 Å². The van der Waals surface area contributed by atoms with Gasteiger partial charge in [0.15, 0.2) is 11.5 Å². The minimum atomic E-state index is -3.88. The number of nitrogens with one attached hydrogen (secondary N) is 2. The van der Waals surface area contributed by atoms with Gasteiger partial charge in [0.05, 0.1) is 13.2 Å². The van der Waals surface area contributed by atoms with E-state index in [0.717, 1.165) is 11.3 Å². The molecule has 148 valence electrons. The minimum absolute atomic E-state index is 0.0926. The van der Waals surface area contributed by atoms with E-state index in [4.69, 9.17) is 9.47 Å². The molecule has 0 saturated heterocycles. The number of aromatic nitrogens is 2. The molecule has 2 rings (SSSR count). The maximum absolute atomic E-state index is 12.4. The molecule has 0 saturated carbocycles. The number of nitrogens with zero attached hydrogens (tertiary/aromatic N) is 2. The van der Waals surface area contributed by atoms with Crippen LogP contribution in [0, 0.1) is 5.92 Å². The summed E-state index contributed by atoms with van der Waals surface area (Å²) in [5, 5.41) is 9.99. The maximum Gasteiger partial charge on any atom is 0.270 e. The second-order valence-electron chi connectivity index (χ2n) is 6.00. The Balaban J connectivity index is 1.97. The molecular formula is C16H22N4O5S2. The average molecular weight is 415 g/mol. The second-order valence-corrected chi connectivity index (χ2v) is 8.87. The van der Waals surface area contributed by atoms with Crippen LogP contribution in [-0.4, -0.2) is 44.3 Å². The van der Waals surface area contributed by atoms with Crippen LogP contribution < -0.4 is 19.5 Å². The van der Waals surface area contributed by atoms with E-state index in [0.29, 0.717) is 11.5 Å². The number of sulfonamides is 1. The summed E-state index contributed by atoms with van der Waals surface area (Å²) in [7, 11) is -2.36. The number of benzene rings is 1. The minimum Gasteiger partial charge on any atom is -0.493 e. The van der Waals surface area contributed by atoms with E-state index in [9.17, 15) is 13.2 Å². The van der Waals surface area contributed by atoms with Crippen LogP contribution in [0.3, 0.4) is 0 Å². The van der Waals surface area contributed by atoms with Crippen LogP contribution in [0.4, 0.5) is 5.13 Å². The molecule has 0 aliphatic rings. The quantitative estimate of drug-likeness (QED) is 0.601. The van der Waals surface area contributed by atoms with Crippen LogP contribution in [0.2, 0.25) is 0 Å². The highest BCUT2D eigenvalue weighted by Gasteiger charge is 2.23. The fraction of sp³-hybridized carbons (Fsp3) is 0.438. The van der Waals surface area contributed by atoms with Crippen molar-refractivity contribution in [2.24, 2.45) is 5.92 Å². The summed E-state index contributed by atoms with van der Waals surface area (Å²) in [5.41, 5.74) is 0. The van der Waals surface area contributed by atoms with Crippen LogP contribution in [0.1, 0.15) is 20.8 Å². The highest BCUT2D eigenvalue weighted by Crippen LogP contribution is 2.26. The average Bonchev–Trinajstić information content (AvgIpc) is 3.09. The third-order valence-corrected chi connectivity index (χ3v) is 6.10. The molecule has 2 N–H and O–H groups in total. The van der Waals surface area contributed by atoms with Gasteiger partial charge in [-0.15, -0.1) is 10.2 Å². The van der Waals surface area contributed by atoms with Crippen LogP contribution in [0.5, 0.6) is 11.5 Å². The van der Waals surface area contributed by atoms with Gasteiger partial charge in [-0.25, -0.2) is 13.1 Å². The Morgan fingerprint density at radius 3 is 2.48 bits per heavy atom. The maximum atomic E-state index is 12.4. The van der Waals surface area contributed by atoms with Crippen molar-refractivity contribution in [1.82, 2.24) is 14.9 Å². The van der Waals surface area contributed by atoms with Gasteiger partial charge in [0.2, 0.25) is 15.4 Å². The van der Waals surface area contributed by atoms with E-state index in [1.165, 1.54) is 7.11 Å². The highest BCUT2D eigenvalue weighted by molar-refractivity contribution is 7.91. The first kappa shape index (κ1) is 21.1. The lowest BCUT2D eigenvalue weighted by molar-refractivity contribution is -0.118. The molecule has 2 aromatic rings. The van der Waals surface area contributed by atoms with E-state index in [1.54, 1.807) is 39.0 Å². The number of anilines is 1. The monoisotopic (exact) mass is 414 g/mol. The lowest BCUT2D eigenvalue weighted by Gasteiger charge is -2.15. The third-order valence-electron chi connectivity index (χ3n) is 3.31. The number of rotatable bonds is 9. The van der Waals surface area contributed by atoms with Crippen molar-refractivity contribution in [3.8, 4) is 11.5 Å². The molecule has 0 radical (unpaired) electrons. The van der Waals surface area contributed by atoms with Crippen molar-refractivity contribution in [2.75, 3.05) is 19.0 Å². The van der Waals surface area contributed by atoms with Crippen molar-refractivity contribution in [1.29, 1.82) is 0 Å². The fourth-order valence-electron chi connectivity index (χ4n) is 1.92. The molecule has 0 unspecified atom stereocenters. The van der Waals surface area contributed by atoms with Gasteiger partial charge in [-0.2, -0.15) is 0 Å². The number of carbonyl (C=O) groups excluding carboxylic acids is 1. The molecule has 0 aliphatic heterocycles. The normalized spacial score (nSPS) is 12.6. The van der Waals surface area contributed by atoms with Crippen molar-refractivity contribution < 1.29 is 22.7 Å². The number of hydrogen-bond donors (Lipinski definition) is 2. The predicted molar refractivity (Wildman–Crippen MR) is 102 cm³/mol. The molecule has 1 aromatic carbocycles. The van der Waals surface area contributed by atoms with Gasteiger partial charge in [0.25, 0.3) is 10.0 Å². The molecule has 0 aliphatic carbocycles. The van der Waals surface area contributed by atoms with Crippen molar-refractivity contribution >= 4 is 32.4 Å². The summed E-state index contributed by atoms with van der Waals surface area (Å²) in [6.45, 7) is 5.20. The molecule has 0 bridgehead atoms. The summed E-state index contributed by atoms with van der Waals surface area (Å²) < 4.78 is 37.9. The topological polar surface area (TPSA) is 120 Å². The Morgan fingerprint density at radius 2 is 1.85 bits per heavy atom. The molecular weight excluding hydrogens is 392 g/mol. The van der Waals surface area contributed by atoms with E-state index >= 15 is 0 Å². The smallest absolute Gasteiger partial charge is 0.270 e. The second kappa shape index (κ2) is 9.11. The van der Waals surface area contributed by atoms with E-state index in [-0.39, 0.29) is 27.9 Å². The molecule has 0 spiro atoms. The largest absolute Gasteiger partial charge is 0.493 e. The lowest BCUT2D eigenvalue weighted by atomic mass is 10.2. The number of ether oxygens (including phenoxy) is 2. The molecule has 1 aromatic heterocycles. The zero-order valence-electron chi connectivity index (χ0n) is 15.4.